The van der Waals surface area contributed by atoms with E-state index in [1.165, 1.54) is 0 Å². The molecule has 0 aliphatic rings. The van der Waals surface area contributed by atoms with Gasteiger partial charge in [0.05, 0.1) is 12.2 Å². The Morgan fingerprint density at radius 1 is 1.43 bits per heavy atom. The first-order valence-electron chi connectivity index (χ1n) is 4.44. The highest BCUT2D eigenvalue weighted by atomic mass is 127. The van der Waals surface area contributed by atoms with Gasteiger partial charge in [-0.2, -0.15) is 5.26 Å². The molecular formula is C11H12INO. The van der Waals surface area contributed by atoms with Gasteiger partial charge in [-0.05, 0) is 31.5 Å². The number of halogens is 1. The Morgan fingerprint density at radius 2 is 2.14 bits per heavy atom. The van der Waals surface area contributed by atoms with Gasteiger partial charge in [0.1, 0.15) is 9.67 Å². The number of benzene rings is 1. The molecule has 0 aromatic heterocycles. The van der Waals surface area contributed by atoms with Crippen LogP contribution in [0.25, 0.3) is 0 Å². The highest BCUT2D eigenvalue weighted by molar-refractivity contribution is 14.1. The second-order valence-electron chi connectivity index (χ2n) is 3.23. The summed E-state index contributed by atoms with van der Waals surface area (Å²) >= 11 is 2.11. The van der Waals surface area contributed by atoms with E-state index in [1.807, 2.05) is 38.1 Å². The molecule has 0 aliphatic carbocycles. The van der Waals surface area contributed by atoms with E-state index >= 15 is 0 Å². The van der Waals surface area contributed by atoms with E-state index in [9.17, 15) is 0 Å². The van der Waals surface area contributed by atoms with Gasteiger partial charge in [0.25, 0.3) is 0 Å². The third-order valence-corrected chi connectivity index (χ3v) is 2.63. The van der Waals surface area contributed by atoms with Crippen LogP contribution in [0.2, 0.25) is 0 Å². The summed E-state index contributed by atoms with van der Waals surface area (Å²) in [6.07, 6.45) is 0.167. The van der Waals surface area contributed by atoms with Crippen molar-refractivity contribution >= 4 is 22.6 Å². The molecule has 0 bridgehead atoms. The second kappa shape index (κ2) is 5.20. The van der Waals surface area contributed by atoms with Gasteiger partial charge in [-0.3, -0.25) is 0 Å². The first kappa shape index (κ1) is 11.3. The first-order valence-corrected chi connectivity index (χ1v) is 5.68. The molecule has 0 N–H and O–H groups in total. The molecule has 3 heteroatoms. The van der Waals surface area contributed by atoms with Gasteiger partial charge in [0, 0.05) is 0 Å². The summed E-state index contributed by atoms with van der Waals surface area (Å²) in [5.41, 5.74) is 0.992. The number of alkyl halides is 1. The van der Waals surface area contributed by atoms with Crippen molar-refractivity contribution in [2.45, 2.75) is 23.9 Å². The SMILES string of the molecule is CC(C)Oc1cccc(C(I)C#N)c1. The number of rotatable bonds is 3. The van der Waals surface area contributed by atoms with Gasteiger partial charge in [-0.25, -0.2) is 0 Å². The molecular weight excluding hydrogens is 289 g/mol. The zero-order chi connectivity index (χ0) is 10.6. The molecule has 0 saturated heterocycles. The highest BCUT2D eigenvalue weighted by Crippen LogP contribution is 2.25. The van der Waals surface area contributed by atoms with Crippen molar-refractivity contribution in [1.82, 2.24) is 0 Å². The zero-order valence-corrected chi connectivity index (χ0v) is 10.4. The summed E-state index contributed by atoms with van der Waals surface area (Å²) < 4.78 is 5.43. The molecule has 1 unspecified atom stereocenters. The summed E-state index contributed by atoms with van der Waals surface area (Å²) in [4.78, 5) is 0. The monoisotopic (exact) mass is 301 g/mol. The van der Waals surface area contributed by atoms with Crippen molar-refractivity contribution < 1.29 is 4.74 Å². The summed E-state index contributed by atoms with van der Waals surface area (Å²) in [5, 5.41) is 8.76. The number of hydrogen-bond acceptors (Lipinski definition) is 2. The molecule has 1 aromatic rings. The molecule has 0 radical (unpaired) electrons. The van der Waals surface area contributed by atoms with Gasteiger partial charge in [-0.1, -0.05) is 34.7 Å². The fourth-order valence-corrected chi connectivity index (χ4v) is 1.48. The van der Waals surface area contributed by atoms with Crippen LogP contribution in [-0.4, -0.2) is 6.10 Å². The molecule has 1 atom stereocenters. The third kappa shape index (κ3) is 3.18. The highest BCUT2D eigenvalue weighted by Gasteiger charge is 2.06. The first-order chi connectivity index (χ1) is 6.63. The van der Waals surface area contributed by atoms with Crippen LogP contribution in [0.1, 0.15) is 23.3 Å². The van der Waals surface area contributed by atoms with E-state index in [4.69, 9.17) is 10.00 Å². The summed E-state index contributed by atoms with van der Waals surface area (Å²) in [5.74, 6) is 0.828. The Labute approximate surface area is 98.0 Å². The minimum absolute atomic E-state index is 0.108. The van der Waals surface area contributed by atoms with Crippen LogP contribution < -0.4 is 4.74 Å². The van der Waals surface area contributed by atoms with Gasteiger partial charge in [-0.15, -0.1) is 0 Å². The molecule has 1 aromatic carbocycles. The van der Waals surface area contributed by atoms with Crippen molar-refractivity contribution in [2.75, 3.05) is 0 Å². The van der Waals surface area contributed by atoms with E-state index in [1.54, 1.807) is 0 Å². The van der Waals surface area contributed by atoms with Crippen LogP contribution in [0.4, 0.5) is 0 Å². The minimum Gasteiger partial charge on any atom is -0.491 e. The van der Waals surface area contributed by atoms with Gasteiger partial charge in [0.15, 0.2) is 0 Å². The molecule has 0 aliphatic heterocycles. The Morgan fingerprint density at radius 3 is 2.71 bits per heavy atom. The van der Waals surface area contributed by atoms with Crippen LogP contribution in [0.15, 0.2) is 24.3 Å². The lowest BCUT2D eigenvalue weighted by Crippen LogP contribution is -2.05. The van der Waals surface area contributed by atoms with Crippen molar-refractivity contribution in [3.05, 3.63) is 29.8 Å². The van der Waals surface area contributed by atoms with Crippen LogP contribution in [0.3, 0.4) is 0 Å². The van der Waals surface area contributed by atoms with Crippen molar-refractivity contribution in [2.24, 2.45) is 0 Å². The standard InChI is InChI=1S/C11H12INO/c1-8(2)14-10-5-3-4-9(6-10)11(12)7-13/h3-6,8,11H,1-2H3. The Bertz CT molecular complexity index is 343. The van der Waals surface area contributed by atoms with E-state index in [0.29, 0.717) is 0 Å². The van der Waals surface area contributed by atoms with Crippen LogP contribution in [0, 0.1) is 11.3 Å². The molecule has 1 rings (SSSR count). The smallest absolute Gasteiger partial charge is 0.123 e. The van der Waals surface area contributed by atoms with E-state index in [0.717, 1.165) is 11.3 Å². The number of hydrogen-bond donors (Lipinski definition) is 0. The average Bonchev–Trinajstić information content (AvgIpc) is 2.16. The lowest BCUT2D eigenvalue weighted by molar-refractivity contribution is 0.242. The summed E-state index contributed by atoms with van der Waals surface area (Å²) in [6, 6.07) is 9.87. The third-order valence-electron chi connectivity index (χ3n) is 1.64. The predicted octanol–water partition coefficient (Wildman–Crippen LogP) is 3.47. The van der Waals surface area contributed by atoms with Crippen molar-refractivity contribution in [3.63, 3.8) is 0 Å². The lowest BCUT2D eigenvalue weighted by Gasteiger charge is -2.10. The van der Waals surface area contributed by atoms with E-state index in [-0.39, 0.29) is 10.0 Å². The molecule has 0 saturated carbocycles. The molecule has 14 heavy (non-hydrogen) atoms. The molecule has 0 spiro atoms. The maximum atomic E-state index is 8.76. The van der Waals surface area contributed by atoms with Gasteiger partial charge in [0.2, 0.25) is 0 Å². The Hall–Kier alpha value is -0.760. The summed E-state index contributed by atoms with van der Waals surface area (Å²) in [7, 11) is 0. The quantitative estimate of drug-likeness (QED) is 0.632. The molecule has 0 amide bonds. The topological polar surface area (TPSA) is 33.0 Å². The van der Waals surface area contributed by atoms with Crippen LogP contribution >= 0.6 is 22.6 Å². The average molecular weight is 301 g/mol. The molecule has 74 valence electrons. The number of nitriles is 1. The largest absolute Gasteiger partial charge is 0.491 e. The Balaban J connectivity index is 2.85. The molecule has 2 nitrogen and oxygen atoms in total. The second-order valence-corrected chi connectivity index (χ2v) is 4.48. The van der Waals surface area contributed by atoms with Crippen molar-refractivity contribution in [3.8, 4) is 11.8 Å². The molecule has 0 heterocycles. The maximum Gasteiger partial charge on any atom is 0.123 e. The number of nitrogens with zero attached hydrogens (tertiary/aromatic N) is 1. The van der Waals surface area contributed by atoms with E-state index < -0.39 is 0 Å². The maximum absolute atomic E-state index is 8.76. The van der Waals surface area contributed by atoms with Crippen molar-refractivity contribution in [1.29, 1.82) is 5.26 Å². The fraction of sp³-hybridized carbons (Fsp3) is 0.364. The normalized spacial score (nSPS) is 12.2. The van der Waals surface area contributed by atoms with Crippen LogP contribution in [0.5, 0.6) is 5.75 Å². The molecule has 0 fully saturated rings. The van der Waals surface area contributed by atoms with E-state index in [2.05, 4.69) is 28.7 Å². The predicted molar refractivity (Wildman–Crippen MR) is 64.6 cm³/mol. The van der Waals surface area contributed by atoms with Gasteiger partial charge < -0.3 is 4.74 Å². The summed E-state index contributed by atoms with van der Waals surface area (Å²) in [6.45, 7) is 3.97. The zero-order valence-electron chi connectivity index (χ0n) is 8.20. The minimum atomic E-state index is -0.108. The Kier molecular flexibility index (Phi) is 4.21. The van der Waals surface area contributed by atoms with Gasteiger partial charge >= 0.3 is 0 Å². The fourth-order valence-electron chi connectivity index (χ4n) is 1.09. The lowest BCUT2D eigenvalue weighted by atomic mass is 10.1. The number of ether oxygens (including phenoxy) is 1. The van der Waals surface area contributed by atoms with Crippen LogP contribution in [-0.2, 0) is 0 Å².